The summed E-state index contributed by atoms with van der Waals surface area (Å²) in [5.74, 6) is 0.294. The van der Waals surface area contributed by atoms with E-state index < -0.39 is 23.4 Å². The summed E-state index contributed by atoms with van der Waals surface area (Å²) in [6.45, 7) is 8.95. The quantitative estimate of drug-likeness (QED) is 0.131. The summed E-state index contributed by atoms with van der Waals surface area (Å²) in [5.41, 5.74) is -0.623. The number of hydrogen-bond acceptors (Lipinski definition) is 5. The number of carboxylic acids is 1. The largest absolute Gasteiger partial charge is 0.478 e. The molecule has 2 N–H and O–H groups in total. The summed E-state index contributed by atoms with van der Waals surface area (Å²) < 4.78 is 47.4. The Morgan fingerprint density at radius 2 is 1.77 bits per heavy atom. The van der Waals surface area contributed by atoms with E-state index in [4.69, 9.17) is 32.9 Å². The number of nitrogens with one attached hydrogen (secondary N) is 1. The molecule has 0 saturated carbocycles. The van der Waals surface area contributed by atoms with E-state index in [1.807, 2.05) is 36.8 Å². The standard InChI is InChI=1S/C30H30Cl2F3N3O3S.C2H6/c1-3-21(10-11-22(32)16-17-31)27-19-38(4-2)28(36-27)7-5-6-20-8-12-23(13-9-20)41-24-14-15-26(25(18-24)29(39)40)37-42-30(33,34)35;1-2/h8-19,37H,3-7H2,1-2H3,(H,39,40);1-2H3/b17-16+,21-10+,22-11+;. The first-order valence-corrected chi connectivity index (χ1v) is 15.7. The molecule has 1 heterocycles. The number of allylic oxidation sites excluding steroid dienone is 5. The molecule has 0 bridgehead atoms. The molecule has 0 unspecified atom stereocenters. The smallest absolute Gasteiger partial charge is 0.461 e. The minimum Gasteiger partial charge on any atom is -0.478 e. The number of benzene rings is 2. The monoisotopic (exact) mass is 669 g/mol. The van der Waals surface area contributed by atoms with Gasteiger partial charge in [-0.3, -0.25) is 0 Å². The lowest BCUT2D eigenvalue weighted by atomic mass is 10.1. The molecule has 0 amide bonds. The maximum atomic E-state index is 12.5. The van der Waals surface area contributed by atoms with Crippen molar-refractivity contribution in [2.75, 3.05) is 4.72 Å². The van der Waals surface area contributed by atoms with Crippen molar-refractivity contribution in [3.8, 4) is 11.5 Å². The molecule has 238 valence electrons. The zero-order valence-electron chi connectivity index (χ0n) is 24.9. The summed E-state index contributed by atoms with van der Waals surface area (Å²) in [5, 5.41) is 9.94. The SMILES string of the molecule is CC.CC\C(=C/C=C(Cl)\C=C\Cl)c1cn(CC)c(CCCc2ccc(Oc3ccc(NSC(F)(F)F)c(C(=O)O)c3)cc2)n1. The lowest BCUT2D eigenvalue weighted by molar-refractivity contribution is -0.0324. The molecule has 3 aromatic rings. The first kappa shape index (κ1) is 36.8. The van der Waals surface area contributed by atoms with Crippen LogP contribution in [0.3, 0.4) is 0 Å². The summed E-state index contributed by atoms with van der Waals surface area (Å²) >= 11 is 11.2. The van der Waals surface area contributed by atoms with Gasteiger partial charge in [-0.25, -0.2) is 9.78 Å². The predicted molar refractivity (Wildman–Crippen MR) is 176 cm³/mol. The van der Waals surface area contributed by atoms with E-state index in [1.165, 1.54) is 23.7 Å². The number of halogens is 5. The highest BCUT2D eigenvalue weighted by atomic mass is 35.5. The number of imidazole rings is 1. The summed E-state index contributed by atoms with van der Waals surface area (Å²) in [4.78, 5) is 16.4. The molecular weight excluding hydrogens is 634 g/mol. The second kappa shape index (κ2) is 18.5. The van der Waals surface area contributed by atoms with Gasteiger partial charge in [0.1, 0.15) is 17.3 Å². The van der Waals surface area contributed by atoms with Gasteiger partial charge in [0.25, 0.3) is 0 Å². The van der Waals surface area contributed by atoms with Crippen LogP contribution in [-0.2, 0) is 19.4 Å². The number of aromatic nitrogens is 2. The van der Waals surface area contributed by atoms with E-state index in [1.54, 1.807) is 24.3 Å². The van der Waals surface area contributed by atoms with Gasteiger partial charge in [-0.2, -0.15) is 13.2 Å². The Bertz CT molecular complexity index is 1450. The zero-order chi connectivity index (χ0) is 32.7. The predicted octanol–water partition coefficient (Wildman–Crippen LogP) is 10.8. The van der Waals surface area contributed by atoms with Gasteiger partial charge in [-0.15, -0.1) is 0 Å². The van der Waals surface area contributed by atoms with Crippen molar-refractivity contribution in [2.45, 2.75) is 65.4 Å². The Morgan fingerprint density at radius 1 is 1.09 bits per heavy atom. The molecule has 12 heteroatoms. The Morgan fingerprint density at radius 3 is 2.36 bits per heavy atom. The van der Waals surface area contributed by atoms with Gasteiger partial charge in [0.15, 0.2) is 0 Å². The van der Waals surface area contributed by atoms with Crippen molar-refractivity contribution < 1.29 is 27.8 Å². The zero-order valence-corrected chi connectivity index (χ0v) is 27.2. The number of aryl methyl sites for hydroxylation is 3. The van der Waals surface area contributed by atoms with Crippen LogP contribution in [0.2, 0.25) is 0 Å². The van der Waals surface area contributed by atoms with Crippen LogP contribution in [0, 0.1) is 0 Å². The minimum absolute atomic E-state index is 0.175. The normalized spacial score (nSPS) is 12.2. The van der Waals surface area contributed by atoms with Crippen LogP contribution < -0.4 is 9.46 Å². The third kappa shape index (κ3) is 12.0. The van der Waals surface area contributed by atoms with Crippen molar-refractivity contribution in [1.29, 1.82) is 0 Å². The fraction of sp³-hybridized carbons (Fsp3) is 0.312. The molecule has 3 rings (SSSR count). The molecule has 0 spiro atoms. The molecule has 0 aliphatic heterocycles. The van der Waals surface area contributed by atoms with Gasteiger partial charge in [0.05, 0.1) is 28.9 Å². The number of carboxylic acid groups (broad SMARTS) is 1. The molecule has 2 aromatic carbocycles. The third-order valence-electron chi connectivity index (χ3n) is 6.10. The number of aromatic carboxylic acids is 1. The average Bonchev–Trinajstić information content (AvgIpc) is 3.41. The summed E-state index contributed by atoms with van der Waals surface area (Å²) in [6.07, 6.45) is 10.7. The van der Waals surface area contributed by atoms with E-state index >= 15 is 0 Å². The molecule has 0 aliphatic carbocycles. The van der Waals surface area contributed by atoms with Crippen LogP contribution in [-0.4, -0.2) is 26.1 Å². The van der Waals surface area contributed by atoms with Crippen LogP contribution in [0.4, 0.5) is 18.9 Å². The average molecular weight is 671 g/mol. The first-order valence-electron chi connectivity index (χ1n) is 14.1. The Labute approximate surface area is 270 Å². The van der Waals surface area contributed by atoms with E-state index in [2.05, 4.69) is 24.6 Å². The minimum atomic E-state index is -4.56. The van der Waals surface area contributed by atoms with Crippen molar-refractivity contribution in [3.05, 3.63) is 100 Å². The lowest BCUT2D eigenvalue weighted by Gasteiger charge is -2.13. The first-order chi connectivity index (χ1) is 21.0. The van der Waals surface area contributed by atoms with E-state index in [0.29, 0.717) is 10.8 Å². The van der Waals surface area contributed by atoms with Crippen molar-refractivity contribution in [2.24, 2.45) is 0 Å². The third-order valence-corrected chi connectivity index (χ3v) is 7.03. The van der Waals surface area contributed by atoms with Crippen LogP contribution >= 0.6 is 35.1 Å². The Balaban J connectivity index is 0.00000330. The number of anilines is 1. The molecule has 6 nitrogen and oxygen atoms in total. The number of rotatable bonds is 14. The van der Waals surface area contributed by atoms with Crippen LogP contribution in [0.5, 0.6) is 11.5 Å². The number of carbonyl (C=O) groups is 1. The maximum absolute atomic E-state index is 12.5. The van der Waals surface area contributed by atoms with Gasteiger partial charge in [0, 0.05) is 29.7 Å². The molecular formula is C32H36Cl2F3N3O3S. The second-order valence-electron chi connectivity index (χ2n) is 8.98. The van der Waals surface area contributed by atoms with Gasteiger partial charge >= 0.3 is 11.5 Å². The van der Waals surface area contributed by atoms with Crippen LogP contribution in [0.25, 0.3) is 5.57 Å². The number of alkyl halides is 3. The number of nitrogens with zero attached hydrogens (tertiary/aromatic N) is 2. The lowest BCUT2D eigenvalue weighted by Crippen LogP contribution is -2.08. The van der Waals surface area contributed by atoms with Crippen LogP contribution in [0.1, 0.15) is 68.0 Å². The van der Waals surface area contributed by atoms with Crippen molar-refractivity contribution in [3.63, 3.8) is 0 Å². The van der Waals surface area contributed by atoms with E-state index in [0.717, 1.165) is 54.9 Å². The Hall–Kier alpha value is -3.34. The number of hydrogen-bond donors (Lipinski definition) is 2. The highest BCUT2D eigenvalue weighted by molar-refractivity contribution is 8.01. The number of ether oxygens (including phenoxy) is 1. The highest BCUT2D eigenvalue weighted by Gasteiger charge is 2.29. The molecule has 0 saturated heterocycles. The summed E-state index contributed by atoms with van der Waals surface area (Å²) in [6, 6.07) is 11.2. The fourth-order valence-corrected chi connectivity index (χ4v) is 4.77. The topological polar surface area (TPSA) is 76.4 Å². The summed E-state index contributed by atoms with van der Waals surface area (Å²) in [7, 11) is 0. The van der Waals surface area contributed by atoms with Gasteiger partial charge < -0.3 is 19.1 Å². The molecule has 1 aromatic heterocycles. The fourth-order valence-electron chi connectivity index (χ4n) is 4.04. The Kier molecular flexibility index (Phi) is 15.5. The van der Waals surface area contributed by atoms with E-state index in [9.17, 15) is 23.1 Å². The van der Waals surface area contributed by atoms with Crippen molar-refractivity contribution >= 4 is 52.4 Å². The van der Waals surface area contributed by atoms with E-state index in [-0.39, 0.29) is 17.0 Å². The molecule has 0 aliphatic rings. The maximum Gasteiger partial charge on any atom is 0.461 e. The molecule has 0 atom stereocenters. The van der Waals surface area contributed by atoms with Gasteiger partial charge in [0.2, 0.25) is 0 Å². The second-order valence-corrected chi connectivity index (χ2v) is 10.5. The molecule has 44 heavy (non-hydrogen) atoms. The molecule has 0 fully saturated rings. The van der Waals surface area contributed by atoms with Gasteiger partial charge in [-0.1, -0.05) is 62.2 Å². The molecule has 0 radical (unpaired) electrons. The van der Waals surface area contributed by atoms with Crippen molar-refractivity contribution in [1.82, 2.24) is 9.55 Å². The van der Waals surface area contributed by atoms with Gasteiger partial charge in [-0.05, 0) is 79.8 Å². The highest BCUT2D eigenvalue weighted by Crippen LogP contribution is 2.34. The van der Waals surface area contributed by atoms with Crippen LogP contribution in [0.15, 0.2) is 77.5 Å².